The van der Waals surface area contributed by atoms with Gasteiger partial charge in [0.1, 0.15) is 5.82 Å². The zero-order valence-corrected chi connectivity index (χ0v) is 11.9. The van der Waals surface area contributed by atoms with Gasteiger partial charge in [-0.25, -0.2) is 4.39 Å². The van der Waals surface area contributed by atoms with Crippen LogP contribution in [-0.4, -0.2) is 10.8 Å². The summed E-state index contributed by atoms with van der Waals surface area (Å²) in [5.74, 6) is -3.06. The van der Waals surface area contributed by atoms with Crippen molar-refractivity contribution in [3.05, 3.63) is 68.2 Å². The standard InChI is InChI=1S/C13H7BrF2N2O3/c14-8-3-1-7(2-4-8)13(19)17-11-6-12(18(20)21)10(16)5-9(11)15/h1-6H,(H,17,19). The Morgan fingerprint density at radius 3 is 2.33 bits per heavy atom. The van der Waals surface area contributed by atoms with Crippen LogP contribution in [0.5, 0.6) is 0 Å². The van der Waals surface area contributed by atoms with Crippen LogP contribution < -0.4 is 5.32 Å². The SMILES string of the molecule is O=C(Nc1cc([N+](=O)[O-])c(F)cc1F)c1ccc(Br)cc1. The number of hydrogen-bond donors (Lipinski definition) is 1. The second-order valence-corrected chi connectivity index (χ2v) is 4.92. The summed E-state index contributed by atoms with van der Waals surface area (Å²) >= 11 is 3.20. The van der Waals surface area contributed by atoms with Gasteiger partial charge in [-0.05, 0) is 24.3 Å². The van der Waals surface area contributed by atoms with Crippen molar-refractivity contribution in [2.75, 3.05) is 5.32 Å². The predicted octanol–water partition coefficient (Wildman–Crippen LogP) is 3.89. The molecule has 0 aliphatic carbocycles. The summed E-state index contributed by atoms with van der Waals surface area (Å²) in [7, 11) is 0. The molecule has 2 aromatic rings. The summed E-state index contributed by atoms with van der Waals surface area (Å²) in [4.78, 5) is 21.5. The number of nitro benzene ring substituents is 1. The monoisotopic (exact) mass is 356 g/mol. The van der Waals surface area contributed by atoms with Crippen LogP contribution in [-0.2, 0) is 0 Å². The average Bonchev–Trinajstić information content (AvgIpc) is 2.42. The van der Waals surface area contributed by atoms with Crippen molar-refractivity contribution < 1.29 is 18.5 Å². The Labute approximate surface area is 125 Å². The summed E-state index contributed by atoms with van der Waals surface area (Å²) in [6.07, 6.45) is 0. The molecule has 0 bridgehead atoms. The second-order valence-electron chi connectivity index (χ2n) is 4.00. The zero-order valence-electron chi connectivity index (χ0n) is 10.3. The van der Waals surface area contributed by atoms with Crippen molar-refractivity contribution in [3.8, 4) is 0 Å². The van der Waals surface area contributed by atoms with Crippen LogP contribution in [0.1, 0.15) is 10.4 Å². The molecule has 5 nitrogen and oxygen atoms in total. The number of carbonyl (C=O) groups excluding carboxylic acids is 1. The normalized spacial score (nSPS) is 10.2. The van der Waals surface area contributed by atoms with Crippen molar-refractivity contribution in [1.29, 1.82) is 0 Å². The number of hydrogen-bond acceptors (Lipinski definition) is 3. The number of nitro groups is 1. The maximum Gasteiger partial charge on any atom is 0.307 e. The molecule has 0 radical (unpaired) electrons. The summed E-state index contributed by atoms with van der Waals surface area (Å²) in [6, 6.07) is 7.18. The highest BCUT2D eigenvalue weighted by molar-refractivity contribution is 9.10. The highest BCUT2D eigenvalue weighted by Crippen LogP contribution is 2.25. The van der Waals surface area contributed by atoms with E-state index < -0.39 is 33.8 Å². The number of benzene rings is 2. The quantitative estimate of drug-likeness (QED) is 0.669. The number of amides is 1. The van der Waals surface area contributed by atoms with Crippen molar-refractivity contribution in [3.63, 3.8) is 0 Å². The Kier molecular flexibility index (Phi) is 4.27. The van der Waals surface area contributed by atoms with Crippen LogP contribution in [0.15, 0.2) is 40.9 Å². The van der Waals surface area contributed by atoms with E-state index in [-0.39, 0.29) is 5.56 Å². The smallest absolute Gasteiger partial charge is 0.307 e. The Hall–Kier alpha value is -2.35. The van der Waals surface area contributed by atoms with Gasteiger partial charge in [0.15, 0.2) is 0 Å². The molecule has 0 atom stereocenters. The molecule has 0 unspecified atom stereocenters. The van der Waals surface area contributed by atoms with E-state index in [0.717, 1.165) is 4.47 Å². The van der Waals surface area contributed by atoms with E-state index in [2.05, 4.69) is 21.2 Å². The van der Waals surface area contributed by atoms with E-state index in [9.17, 15) is 23.7 Å². The molecule has 21 heavy (non-hydrogen) atoms. The second kappa shape index (κ2) is 5.96. The van der Waals surface area contributed by atoms with Gasteiger partial charge in [0.2, 0.25) is 5.82 Å². The Balaban J connectivity index is 2.30. The molecule has 0 spiro atoms. The first-order chi connectivity index (χ1) is 9.88. The lowest BCUT2D eigenvalue weighted by molar-refractivity contribution is -0.387. The molecule has 0 fully saturated rings. The molecule has 1 amide bonds. The van der Waals surface area contributed by atoms with Gasteiger partial charge in [0, 0.05) is 22.2 Å². The van der Waals surface area contributed by atoms with E-state index in [1.54, 1.807) is 12.1 Å². The summed E-state index contributed by atoms with van der Waals surface area (Å²) < 4.78 is 27.5. The zero-order chi connectivity index (χ0) is 15.6. The average molecular weight is 357 g/mol. The first kappa shape index (κ1) is 15.0. The maximum atomic E-state index is 13.5. The van der Waals surface area contributed by atoms with Crippen molar-refractivity contribution in [2.45, 2.75) is 0 Å². The third kappa shape index (κ3) is 3.40. The number of halogens is 3. The van der Waals surface area contributed by atoms with Crippen molar-refractivity contribution >= 4 is 33.2 Å². The van der Waals surface area contributed by atoms with Gasteiger partial charge in [-0.1, -0.05) is 15.9 Å². The van der Waals surface area contributed by atoms with Gasteiger partial charge in [-0.2, -0.15) is 4.39 Å². The minimum atomic E-state index is -1.31. The number of nitrogens with one attached hydrogen (secondary N) is 1. The summed E-state index contributed by atoms with van der Waals surface area (Å²) in [5.41, 5.74) is -1.15. The first-order valence-corrected chi connectivity index (χ1v) is 6.38. The molecular formula is C13H7BrF2N2O3. The van der Waals surface area contributed by atoms with E-state index in [1.807, 2.05) is 0 Å². The van der Waals surface area contributed by atoms with Gasteiger partial charge in [-0.15, -0.1) is 0 Å². The topological polar surface area (TPSA) is 72.2 Å². The van der Waals surface area contributed by atoms with E-state index >= 15 is 0 Å². The third-order valence-corrected chi connectivity index (χ3v) is 3.12. The lowest BCUT2D eigenvalue weighted by atomic mass is 10.2. The summed E-state index contributed by atoms with van der Waals surface area (Å²) in [6.45, 7) is 0. The molecule has 108 valence electrons. The Bertz CT molecular complexity index is 720. The lowest BCUT2D eigenvalue weighted by Crippen LogP contribution is -2.13. The summed E-state index contributed by atoms with van der Waals surface area (Å²) in [5, 5.41) is 12.8. The van der Waals surface area contributed by atoms with Crippen LogP contribution in [0.4, 0.5) is 20.2 Å². The largest absolute Gasteiger partial charge is 0.319 e. The molecule has 2 rings (SSSR count). The van der Waals surface area contributed by atoms with Gasteiger partial charge in [-0.3, -0.25) is 14.9 Å². The highest BCUT2D eigenvalue weighted by Gasteiger charge is 2.20. The molecule has 0 aromatic heterocycles. The van der Waals surface area contributed by atoms with Gasteiger partial charge < -0.3 is 5.32 Å². The molecule has 0 saturated carbocycles. The van der Waals surface area contributed by atoms with Crippen molar-refractivity contribution in [2.24, 2.45) is 0 Å². The van der Waals surface area contributed by atoms with Gasteiger partial charge in [0.25, 0.3) is 5.91 Å². The minimum absolute atomic E-state index is 0.226. The first-order valence-electron chi connectivity index (χ1n) is 5.59. The van der Waals surface area contributed by atoms with Gasteiger partial charge in [0.05, 0.1) is 10.6 Å². The number of anilines is 1. The predicted molar refractivity (Wildman–Crippen MR) is 75.1 cm³/mol. The molecule has 1 N–H and O–H groups in total. The molecule has 0 aliphatic rings. The van der Waals surface area contributed by atoms with Crippen molar-refractivity contribution in [1.82, 2.24) is 0 Å². The van der Waals surface area contributed by atoms with Gasteiger partial charge >= 0.3 is 5.69 Å². The van der Waals surface area contributed by atoms with E-state index in [1.165, 1.54) is 12.1 Å². The number of carbonyl (C=O) groups is 1. The fraction of sp³-hybridized carbons (Fsp3) is 0. The van der Waals surface area contributed by atoms with Crippen LogP contribution in [0.25, 0.3) is 0 Å². The van der Waals surface area contributed by atoms with E-state index in [0.29, 0.717) is 12.1 Å². The van der Waals surface area contributed by atoms with Crippen LogP contribution in [0.3, 0.4) is 0 Å². The molecule has 8 heteroatoms. The fourth-order valence-electron chi connectivity index (χ4n) is 1.57. The fourth-order valence-corrected chi connectivity index (χ4v) is 1.83. The van der Waals surface area contributed by atoms with Crippen LogP contribution >= 0.6 is 15.9 Å². The number of rotatable bonds is 3. The lowest BCUT2D eigenvalue weighted by Gasteiger charge is -2.07. The molecule has 0 heterocycles. The van der Waals surface area contributed by atoms with Crippen LogP contribution in [0.2, 0.25) is 0 Å². The third-order valence-electron chi connectivity index (χ3n) is 2.59. The van der Waals surface area contributed by atoms with Crippen LogP contribution in [0, 0.1) is 21.7 Å². The Morgan fingerprint density at radius 1 is 1.14 bits per heavy atom. The molecule has 0 aliphatic heterocycles. The molecular weight excluding hydrogens is 350 g/mol. The maximum absolute atomic E-state index is 13.5. The Morgan fingerprint density at radius 2 is 1.76 bits per heavy atom. The molecule has 2 aromatic carbocycles. The highest BCUT2D eigenvalue weighted by atomic mass is 79.9. The molecule has 0 saturated heterocycles. The van der Waals surface area contributed by atoms with E-state index in [4.69, 9.17) is 0 Å². The number of nitrogens with zero attached hydrogens (tertiary/aromatic N) is 1. The minimum Gasteiger partial charge on any atom is -0.319 e.